The van der Waals surface area contributed by atoms with E-state index in [2.05, 4.69) is 17.6 Å². The number of nitrogens with one attached hydrogen (secondary N) is 2. The number of rotatable bonds is 13. The lowest BCUT2D eigenvalue weighted by molar-refractivity contribution is -0.142. The molecule has 232 valence electrons. The number of unbranched alkanes of at least 4 members (excludes halogenated alkanes) is 3. The van der Waals surface area contributed by atoms with E-state index >= 15 is 0 Å². The highest BCUT2D eigenvalue weighted by Crippen LogP contribution is 2.31. The third kappa shape index (κ3) is 9.60. The van der Waals surface area contributed by atoms with Crippen LogP contribution in [0.5, 0.6) is 0 Å². The zero-order chi connectivity index (χ0) is 31.6. The SMILES string of the molecule is CCCCCCN(C(=O)C(NC(=O)OC(C)(C)C)C(C)CC)C(C(=O)Nc1c(C)cccc1C)c1cccc(C)c1C. The number of benzene rings is 2. The van der Waals surface area contributed by atoms with Gasteiger partial charge in [0.15, 0.2) is 0 Å². The summed E-state index contributed by atoms with van der Waals surface area (Å²) >= 11 is 0. The maximum atomic E-state index is 14.6. The molecule has 0 radical (unpaired) electrons. The van der Waals surface area contributed by atoms with Crippen LogP contribution in [-0.4, -0.2) is 41.0 Å². The van der Waals surface area contributed by atoms with Crippen LogP contribution in [0.25, 0.3) is 0 Å². The van der Waals surface area contributed by atoms with Crippen LogP contribution in [0.15, 0.2) is 36.4 Å². The third-order valence-electron chi connectivity index (χ3n) is 7.92. The van der Waals surface area contributed by atoms with E-state index in [0.717, 1.165) is 59.2 Å². The van der Waals surface area contributed by atoms with Gasteiger partial charge in [0.25, 0.3) is 5.91 Å². The van der Waals surface area contributed by atoms with E-state index in [1.165, 1.54) is 0 Å². The number of hydrogen-bond acceptors (Lipinski definition) is 4. The molecule has 3 unspecified atom stereocenters. The number of aryl methyl sites for hydroxylation is 3. The molecule has 0 aromatic heterocycles. The minimum atomic E-state index is -0.884. The van der Waals surface area contributed by atoms with Crippen molar-refractivity contribution in [1.29, 1.82) is 0 Å². The number of hydrogen-bond donors (Lipinski definition) is 2. The summed E-state index contributed by atoms with van der Waals surface area (Å²) in [7, 11) is 0. The van der Waals surface area contributed by atoms with Crippen molar-refractivity contribution in [3.8, 4) is 0 Å². The van der Waals surface area contributed by atoms with Crippen molar-refractivity contribution in [1.82, 2.24) is 10.2 Å². The molecule has 0 aliphatic rings. The van der Waals surface area contributed by atoms with Crippen LogP contribution < -0.4 is 10.6 Å². The molecule has 2 aromatic carbocycles. The Morgan fingerprint density at radius 2 is 1.48 bits per heavy atom. The van der Waals surface area contributed by atoms with Crippen LogP contribution in [0.1, 0.15) is 108 Å². The Hall–Kier alpha value is -3.35. The van der Waals surface area contributed by atoms with E-state index < -0.39 is 23.8 Å². The van der Waals surface area contributed by atoms with Gasteiger partial charge in [-0.1, -0.05) is 82.9 Å². The van der Waals surface area contributed by atoms with Gasteiger partial charge in [0, 0.05) is 12.2 Å². The van der Waals surface area contributed by atoms with E-state index in [4.69, 9.17) is 4.74 Å². The van der Waals surface area contributed by atoms with E-state index in [0.29, 0.717) is 13.0 Å². The topological polar surface area (TPSA) is 87.7 Å². The second-order valence-electron chi connectivity index (χ2n) is 12.5. The van der Waals surface area contributed by atoms with Gasteiger partial charge in [-0.25, -0.2) is 4.79 Å². The van der Waals surface area contributed by atoms with Crippen molar-refractivity contribution in [2.24, 2.45) is 5.92 Å². The number of amides is 3. The van der Waals surface area contributed by atoms with Crippen molar-refractivity contribution in [3.05, 3.63) is 64.2 Å². The molecule has 2 rings (SSSR count). The summed E-state index contributed by atoms with van der Waals surface area (Å²) in [6.07, 6.45) is 3.80. The molecule has 7 heteroatoms. The molecule has 0 heterocycles. The number of para-hydroxylation sites is 1. The Bertz CT molecular complexity index is 1200. The molecule has 3 atom stereocenters. The monoisotopic (exact) mass is 579 g/mol. The lowest BCUT2D eigenvalue weighted by Crippen LogP contribution is -2.55. The summed E-state index contributed by atoms with van der Waals surface area (Å²) in [4.78, 5) is 43.6. The van der Waals surface area contributed by atoms with Crippen LogP contribution >= 0.6 is 0 Å². The van der Waals surface area contributed by atoms with Gasteiger partial charge in [-0.3, -0.25) is 9.59 Å². The number of alkyl carbamates (subject to hydrolysis) is 1. The third-order valence-corrected chi connectivity index (χ3v) is 7.92. The number of anilines is 1. The molecule has 3 amide bonds. The van der Waals surface area contributed by atoms with E-state index in [9.17, 15) is 14.4 Å². The maximum absolute atomic E-state index is 14.6. The van der Waals surface area contributed by atoms with Crippen molar-refractivity contribution in [2.75, 3.05) is 11.9 Å². The van der Waals surface area contributed by atoms with Crippen LogP contribution in [0.3, 0.4) is 0 Å². The van der Waals surface area contributed by atoms with E-state index in [1.54, 1.807) is 25.7 Å². The molecule has 0 bridgehead atoms. The Kier molecular flexibility index (Phi) is 13.1. The summed E-state index contributed by atoms with van der Waals surface area (Å²) in [6, 6.07) is 10.0. The van der Waals surface area contributed by atoms with Gasteiger partial charge in [-0.15, -0.1) is 0 Å². The first-order chi connectivity index (χ1) is 19.7. The molecule has 2 N–H and O–H groups in total. The fourth-order valence-corrected chi connectivity index (χ4v) is 5.10. The number of ether oxygens (including phenoxy) is 1. The Balaban J connectivity index is 2.66. The summed E-state index contributed by atoms with van der Waals surface area (Å²) < 4.78 is 5.54. The van der Waals surface area contributed by atoms with E-state index in [-0.39, 0.29) is 17.7 Å². The van der Waals surface area contributed by atoms with Gasteiger partial charge in [0.2, 0.25) is 5.91 Å². The first-order valence-electron chi connectivity index (χ1n) is 15.4. The smallest absolute Gasteiger partial charge is 0.408 e. The van der Waals surface area contributed by atoms with Gasteiger partial charge in [0.05, 0.1) is 0 Å². The van der Waals surface area contributed by atoms with Crippen LogP contribution in [0.4, 0.5) is 10.5 Å². The lowest BCUT2D eigenvalue weighted by Gasteiger charge is -2.37. The van der Waals surface area contributed by atoms with Crippen LogP contribution in [0, 0.1) is 33.6 Å². The quantitative estimate of drug-likeness (QED) is 0.236. The molecule has 2 aromatic rings. The maximum Gasteiger partial charge on any atom is 0.408 e. The average molecular weight is 580 g/mol. The highest BCUT2D eigenvalue weighted by Gasteiger charge is 2.38. The van der Waals surface area contributed by atoms with Crippen LogP contribution in [-0.2, 0) is 14.3 Å². The molecular weight excluding hydrogens is 526 g/mol. The molecule has 0 fully saturated rings. The summed E-state index contributed by atoms with van der Waals surface area (Å²) in [5.74, 6) is -0.733. The zero-order valence-corrected chi connectivity index (χ0v) is 27.5. The van der Waals surface area contributed by atoms with Crippen LogP contribution in [0.2, 0.25) is 0 Å². The fraction of sp³-hybridized carbons (Fsp3) is 0.571. The molecule has 0 aliphatic heterocycles. The zero-order valence-electron chi connectivity index (χ0n) is 27.5. The molecule has 0 spiro atoms. The first-order valence-corrected chi connectivity index (χ1v) is 15.4. The lowest BCUT2D eigenvalue weighted by atomic mass is 9.92. The molecule has 0 saturated heterocycles. The Morgan fingerprint density at radius 3 is 2.05 bits per heavy atom. The predicted molar refractivity (Wildman–Crippen MR) is 172 cm³/mol. The summed E-state index contributed by atoms with van der Waals surface area (Å²) in [5.41, 5.74) is 4.73. The second kappa shape index (κ2) is 15.8. The number of carbonyl (C=O) groups is 3. The van der Waals surface area contributed by atoms with Gasteiger partial charge in [-0.2, -0.15) is 0 Å². The van der Waals surface area contributed by atoms with Gasteiger partial charge in [0.1, 0.15) is 17.7 Å². The highest BCUT2D eigenvalue weighted by atomic mass is 16.6. The minimum absolute atomic E-state index is 0.177. The Morgan fingerprint density at radius 1 is 0.881 bits per heavy atom. The fourth-order valence-electron chi connectivity index (χ4n) is 5.10. The van der Waals surface area contributed by atoms with E-state index in [1.807, 2.05) is 77.9 Å². The van der Waals surface area contributed by atoms with Crippen molar-refractivity contribution >= 4 is 23.6 Å². The van der Waals surface area contributed by atoms with Gasteiger partial charge < -0.3 is 20.3 Å². The standard InChI is InChI=1S/C35H53N3O4/c1-11-13-14-15-22-38(33(40)30(23(3)12-2)37-34(41)42-35(8,9)10)31(28-21-17-18-24(4)27(28)7)32(39)36-29-25(5)19-16-20-26(29)6/h16-21,23,30-31H,11-15,22H2,1-10H3,(H,36,39)(H,37,41). The summed E-state index contributed by atoms with van der Waals surface area (Å²) in [6.45, 7) is 19.8. The molecular formula is C35H53N3O4. The molecule has 7 nitrogen and oxygen atoms in total. The highest BCUT2D eigenvalue weighted by molar-refractivity contribution is 6.00. The number of nitrogens with zero attached hydrogens (tertiary/aromatic N) is 1. The molecule has 0 aliphatic carbocycles. The molecule has 0 saturated carbocycles. The Labute approximate surface area is 253 Å². The average Bonchev–Trinajstić information content (AvgIpc) is 2.91. The first kappa shape index (κ1) is 34.8. The molecule has 42 heavy (non-hydrogen) atoms. The second-order valence-corrected chi connectivity index (χ2v) is 12.5. The van der Waals surface area contributed by atoms with Crippen molar-refractivity contribution in [2.45, 2.75) is 119 Å². The van der Waals surface area contributed by atoms with Gasteiger partial charge in [-0.05, 0) is 88.6 Å². The summed E-state index contributed by atoms with van der Waals surface area (Å²) in [5, 5.41) is 6.03. The normalized spacial score (nSPS) is 13.6. The van der Waals surface area contributed by atoms with Crippen molar-refractivity contribution in [3.63, 3.8) is 0 Å². The number of carbonyl (C=O) groups excluding carboxylic acids is 3. The minimum Gasteiger partial charge on any atom is -0.444 e. The van der Waals surface area contributed by atoms with Crippen molar-refractivity contribution < 1.29 is 19.1 Å². The largest absolute Gasteiger partial charge is 0.444 e. The van der Waals surface area contributed by atoms with Gasteiger partial charge >= 0.3 is 6.09 Å². The predicted octanol–water partition coefficient (Wildman–Crippen LogP) is 7.95.